The van der Waals surface area contributed by atoms with Crippen LogP contribution in [0.4, 0.5) is 10.1 Å². The van der Waals surface area contributed by atoms with Gasteiger partial charge in [-0.2, -0.15) is 5.26 Å². The van der Waals surface area contributed by atoms with Gasteiger partial charge in [0, 0.05) is 29.2 Å². The van der Waals surface area contributed by atoms with Gasteiger partial charge in [-0.15, -0.1) is 0 Å². The fourth-order valence-corrected chi connectivity index (χ4v) is 2.63. The maximum absolute atomic E-state index is 13.3. The number of hydrogen-bond donors (Lipinski definition) is 1. The molecule has 3 aromatic rings. The molecule has 0 aliphatic heterocycles. The second-order valence-electron chi connectivity index (χ2n) is 5.94. The molecule has 1 aromatic heterocycles. The number of aromatic nitrogens is 1. The van der Waals surface area contributed by atoms with Gasteiger partial charge in [-0.05, 0) is 36.4 Å². The highest BCUT2D eigenvalue weighted by atomic mass is 35.5. The summed E-state index contributed by atoms with van der Waals surface area (Å²) in [7, 11) is 0. The van der Waals surface area contributed by atoms with Gasteiger partial charge in [0.2, 0.25) is 0 Å². The molecule has 1 N–H and O–H groups in total. The zero-order valence-electron chi connectivity index (χ0n) is 15.1. The van der Waals surface area contributed by atoms with Crippen LogP contribution in [0, 0.1) is 17.1 Å². The van der Waals surface area contributed by atoms with Crippen molar-refractivity contribution in [1.82, 2.24) is 4.98 Å². The first-order chi connectivity index (χ1) is 14.1. The van der Waals surface area contributed by atoms with Gasteiger partial charge in [0.1, 0.15) is 29.8 Å². The Kier molecular flexibility index (Phi) is 6.56. The summed E-state index contributed by atoms with van der Waals surface area (Å²) in [6.45, 7) is 0.293. The van der Waals surface area contributed by atoms with E-state index < -0.39 is 11.7 Å². The highest BCUT2D eigenvalue weighted by Crippen LogP contribution is 2.23. The fourth-order valence-electron chi connectivity index (χ4n) is 2.45. The molecule has 0 aliphatic carbocycles. The molecule has 29 heavy (non-hydrogen) atoms. The van der Waals surface area contributed by atoms with Gasteiger partial charge in [0.15, 0.2) is 0 Å². The van der Waals surface area contributed by atoms with E-state index in [4.69, 9.17) is 16.3 Å². The van der Waals surface area contributed by atoms with Crippen molar-refractivity contribution in [1.29, 1.82) is 5.26 Å². The van der Waals surface area contributed by atoms with E-state index in [0.717, 1.165) is 11.6 Å². The molecule has 1 heterocycles. The van der Waals surface area contributed by atoms with Gasteiger partial charge in [0.05, 0.1) is 5.02 Å². The molecule has 7 heteroatoms. The van der Waals surface area contributed by atoms with Crippen LogP contribution >= 0.6 is 11.6 Å². The minimum atomic E-state index is -0.641. The lowest BCUT2D eigenvalue weighted by molar-refractivity contribution is -0.112. The number of carbonyl (C=O) groups excluding carboxylic acids is 1. The third kappa shape index (κ3) is 5.41. The summed E-state index contributed by atoms with van der Waals surface area (Å²) < 4.78 is 19.1. The average Bonchev–Trinajstić information content (AvgIpc) is 2.74. The number of nitriles is 1. The van der Waals surface area contributed by atoms with E-state index in [-0.39, 0.29) is 16.3 Å². The molecule has 144 valence electrons. The maximum Gasteiger partial charge on any atom is 0.266 e. The molecule has 0 bridgehead atoms. The Balaban J connectivity index is 1.78. The summed E-state index contributed by atoms with van der Waals surface area (Å²) in [6, 6.07) is 16.4. The lowest BCUT2D eigenvalue weighted by Crippen LogP contribution is -2.13. The summed E-state index contributed by atoms with van der Waals surface area (Å²) in [6.07, 6.45) is 4.80. The summed E-state index contributed by atoms with van der Waals surface area (Å²) in [5.41, 5.74) is 1.60. The van der Waals surface area contributed by atoms with Crippen molar-refractivity contribution in [2.75, 3.05) is 5.32 Å². The fraction of sp³-hybridized carbons (Fsp3) is 0.0455. The van der Waals surface area contributed by atoms with Crippen LogP contribution in [0.3, 0.4) is 0 Å². The van der Waals surface area contributed by atoms with E-state index >= 15 is 0 Å². The van der Waals surface area contributed by atoms with Crippen LogP contribution in [0.1, 0.15) is 11.1 Å². The summed E-state index contributed by atoms with van der Waals surface area (Å²) in [4.78, 5) is 16.5. The number of ether oxygens (including phenoxy) is 1. The van der Waals surface area contributed by atoms with Crippen LogP contribution in [-0.4, -0.2) is 10.9 Å². The predicted molar refractivity (Wildman–Crippen MR) is 109 cm³/mol. The van der Waals surface area contributed by atoms with Crippen molar-refractivity contribution in [3.05, 3.63) is 94.5 Å². The van der Waals surface area contributed by atoms with Crippen molar-refractivity contribution in [3.63, 3.8) is 0 Å². The van der Waals surface area contributed by atoms with E-state index in [9.17, 15) is 14.4 Å². The SMILES string of the molecule is N#C/C(=C\c1ccccc1OCc1cccnc1)C(=O)Nc1ccc(F)c(Cl)c1. The second-order valence-corrected chi connectivity index (χ2v) is 6.35. The van der Waals surface area contributed by atoms with Gasteiger partial charge in [0.25, 0.3) is 5.91 Å². The summed E-state index contributed by atoms with van der Waals surface area (Å²) >= 11 is 5.72. The van der Waals surface area contributed by atoms with Crippen LogP contribution in [-0.2, 0) is 11.4 Å². The van der Waals surface area contributed by atoms with Crippen LogP contribution in [0.2, 0.25) is 5.02 Å². The Hall–Kier alpha value is -3.69. The highest BCUT2D eigenvalue weighted by Gasteiger charge is 2.12. The number of anilines is 1. The lowest BCUT2D eigenvalue weighted by Gasteiger charge is -2.10. The van der Waals surface area contributed by atoms with Gasteiger partial charge in [-0.3, -0.25) is 9.78 Å². The highest BCUT2D eigenvalue weighted by molar-refractivity contribution is 6.31. The van der Waals surface area contributed by atoms with E-state index in [0.29, 0.717) is 17.9 Å². The number of amides is 1. The summed E-state index contributed by atoms with van der Waals surface area (Å²) in [5.74, 6) is -0.723. The molecule has 0 aliphatic rings. The smallest absolute Gasteiger partial charge is 0.266 e. The summed E-state index contributed by atoms with van der Waals surface area (Å²) in [5, 5.41) is 11.8. The van der Waals surface area contributed by atoms with Crippen LogP contribution in [0.25, 0.3) is 6.08 Å². The Labute approximate surface area is 172 Å². The lowest BCUT2D eigenvalue weighted by atomic mass is 10.1. The third-order valence-electron chi connectivity index (χ3n) is 3.88. The van der Waals surface area contributed by atoms with E-state index in [1.807, 2.05) is 18.2 Å². The normalized spacial score (nSPS) is 10.9. The first-order valence-electron chi connectivity index (χ1n) is 8.56. The predicted octanol–water partition coefficient (Wildman–Crippen LogP) is 5.00. The average molecular weight is 408 g/mol. The van der Waals surface area contributed by atoms with Gasteiger partial charge in [-0.1, -0.05) is 35.9 Å². The van der Waals surface area contributed by atoms with Crippen molar-refractivity contribution in [3.8, 4) is 11.8 Å². The number of nitrogens with zero attached hydrogens (tertiary/aromatic N) is 2. The van der Waals surface area contributed by atoms with Crippen molar-refractivity contribution >= 4 is 29.3 Å². The minimum absolute atomic E-state index is 0.126. The van der Waals surface area contributed by atoms with Crippen LogP contribution in [0.15, 0.2) is 72.6 Å². The Morgan fingerprint density at radius 3 is 2.79 bits per heavy atom. The van der Waals surface area contributed by atoms with Gasteiger partial charge >= 0.3 is 0 Å². The Morgan fingerprint density at radius 2 is 2.07 bits per heavy atom. The molecule has 0 atom stereocenters. The van der Waals surface area contributed by atoms with Crippen molar-refractivity contribution in [2.45, 2.75) is 6.61 Å². The minimum Gasteiger partial charge on any atom is -0.488 e. The quantitative estimate of drug-likeness (QED) is 0.461. The maximum atomic E-state index is 13.3. The molecule has 0 spiro atoms. The standard InChI is InChI=1S/C22H15ClFN3O2/c23-19-11-18(7-8-20(19)24)27-22(28)17(12-25)10-16-5-1-2-6-21(16)29-14-15-4-3-9-26-13-15/h1-11,13H,14H2,(H,27,28)/b17-10+. The Bertz CT molecular complexity index is 1090. The third-order valence-corrected chi connectivity index (χ3v) is 4.17. The number of rotatable bonds is 6. The molecule has 0 radical (unpaired) electrons. The zero-order valence-corrected chi connectivity index (χ0v) is 15.9. The topological polar surface area (TPSA) is 75.0 Å². The van der Waals surface area contributed by atoms with E-state index in [1.165, 1.54) is 18.2 Å². The van der Waals surface area contributed by atoms with Gasteiger partial charge < -0.3 is 10.1 Å². The van der Waals surface area contributed by atoms with E-state index in [2.05, 4.69) is 10.3 Å². The number of halogens is 2. The number of carbonyl (C=O) groups is 1. The molecule has 0 saturated heterocycles. The largest absolute Gasteiger partial charge is 0.488 e. The molecule has 0 saturated carbocycles. The number of benzene rings is 2. The van der Waals surface area contributed by atoms with Crippen molar-refractivity contribution < 1.29 is 13.9 Å². The van der Waals surface area contributed by atoms with Gasteiger partial charge in [-0.25, -0.2) is 4.39 Å². The Morgan fingerprint density at radius 1 is 1.24 bits per heavy atom. The second kappa shape index (κ2) is 9.49. The van der Waals surface area contributed by atoms with E-state index in [1.54, 1.807) is 36.7 Å². The van der Waals surface area contributed by atoms with Crippen LogP contribution < -0.4 is 10.1 Å². The molecule has 1 amide bonds. The number of pyridine rings is 1. The molecule has 0 fully saturated rings. The molecule has 2 aromatic carbocycles. The number of nitrogens with one attached hydrogen (secondary N) is 1. The van der Waals surface area contributed by atoms with Crippen LogP contribution in [0.5, 0.6) is 5.75 Å². The van der Waals surface area contributed by atoms with Crippen molar-refractivity contribution in [2.24, 2.45) is 0 Å². The zero-order chi connectivity index (χ0) is 20.6. The molecule has 3 rings (SSSR count). The molecular weight excluding hydrogens is 393 g/mol. The molecule has 5 nitrogen and oxygen atoms in total. The first-order valence-corrected chi connectivity index (χ1v) is 8.93. The number of hydrogen-bond acceptors (Lipinski definition) is 4. The first kappa shape index (κ1) is 20.1. The number of para-hydroxylation sites is 1. The monoisotopic (exact) mass is 407 g/mol. The molecular formula is C22H15ClFN3O2. The molecule has 0 unspecified atom stereocenters.